The maximum absolute atomic E-state index is 2.44. The summed E-state index contributed by atoms with van der Waals surface area (Å²) in [7, 11) is 0. The van der Waals surface area contributed by atoms with Crippen LogP contribution in [0.5, 0.6) is 0 Å². The summed E-state index contributed by atoms with van der Waals surface area (Å²) in [6, 6.07) is 0. The Balaban J connectivity index is 2.17. The molecule has 1 rings (SSSR count). The van der Waals surface area contributed by atoms with Gasteiger partial charge in [-0.25, -0.2) is 0 Å². The van der Waals surface area contributed by atoms with E-state index in [0.717, 1.165) is 4.31 Å². The second kappa shape index (κ2) is 0.824. The van der Waals surface area contributed by atoms with E-state index in [-0.39, 0.29) is 0 Å². The Bertz CT molecular complexity index is 22.5. The number of hydrogen-bond donors (Lipinski definition) is 0. The van der Waals surface area contributed by atoms with Crippen LogP contribution in [0.3, 0.4) is 0 Å². The first-order valence-corrected chi connectivity index (χ1v) is 2.81. The van der Waals surface area contributed by atoms with E-state index in [1.54, 1.807) is 0 Å². The van der Waals surface area contributed by atoms with E-state index >= 15 is 0 Å². The average molecular weight is 236 g/mol. The van der Waals surface area contributed by atoms with Crippen LogP contribution in [0.1, 0.15) is 12.8 Å². The molecule has 0 spiro atoms. The second-order valence-corrected chi connectivity index (χ2v) is 2.98. The molecular formula is C3H5Pt. The maximum atomic E-state index is 2.44. The van der Waals surface area contributed by atoms with E-state index in [4.69, 9.17) is 0 Å². The van der Waals surface area contributed by atoms with Crippen molar-refractivity contribution in [3.8, 4) is 0 Å². The van der Waals surface area contributed by atoms with Crippen LogP contribution >= 0.6 is 0 Å². The summed E-state index contributed by atoms with van der Waals surface area (Å²) in [5, 5.41) is 0. The van der Waals surface area contributed by atoms with Crippen LogP contribution in [0, 0.1) is 0 Å². The molecule has 0 aromatic heterocycles. The van der Waals surface area contributed by atoms with Gasteiger partial charge in [0.05, 0.1) is 0 Å². The quantitative estimate of drug-likeness (QED) is 0.591. The fourth-order valence-corrected chi connectivity index (χ4v) is 0.431. The summed E-state index contributed by atoms with van der Waals surface area (Å²) < 4.78 is 1.06. The summed E-state index contributed by atoms with van der Waals surface area (Å²) in [4.78, 5) is 0. The molecule has 0 aliphatic heterocycles. The summed E-state index contributed by atoms with van der Waals surface area (Å²) in [5.74, 6) is 0. The van der Waals surface area contributed by atoms with Crippen molar-refractivity contribution in [2.24, 2.45) is 0 Å². The van der Waals surface area contributed by atoms with Gasteiger partial charge in [-0.05, 0) is 0 Å². The molecule has 0 unspecified atom stereocenters. The fraction of sp³-hybridized carbons (Fsp3) is 1.00. The molecule has 1 aliphatic carbocycles. The Morgan fingerprint density at radius 2 is 1.75 bits per heavy atom. The summed E-state index contributed by atoms with van der Waals surface area (Å²) in [5.41, 5.74) is 0. The van der Waals surface area contributed by atoms with Crippen molar-refractivity contribution in [2.45, 2.75) is 17.1 Å². The van der Waals surface area contributed by atoms with Gasteiger partial charge in [0, 0.05) is 0 Å². The third-order valence-electron chi connectivity index (χ3n) is 0.471. The Morgan fingerprint density at radius 1 is 1.50 bits per heavy atom. The van der Waals surface area contributed by atoms with Crippen molar-refractivity contribution < 1.29 is 19.8 Å². The molecule has 0 N–H and O–H groups in total. The molecule has 1 fully saturated rings. The van der Waals surface area contributed by atoms with E-state index in [1.165, 1.54) is 12.8 Å². The molecule has 27 valence electrons. The van der Waals surface area contributed by atoms with Crippen LogP contribution in [-0.4, -0.2) is 0 Å². The van der Waals surface area contributed by atoms with Crippen LogP contribution in [-0.2, 0) is 19.8 Å². The van der Waals surface area contributed by atoms with Crippen LogP contribution in [0.2, 0.25) is 4.31 Å². The number of rotatable bonds is 0. The molecule has 0 amide bonds. The van der Waals surface area contributed by atoms with Gasteiger partial charge >= 0.3 is 37.0 Å². The van der Waals surface area contributed by atoms with Crippen LogP contribution in [0.25, 0.3) is 0 Å². The topological polar surface area (TPSA) is 0 Å². The molecule has 0 bridgehead atoms. The third-order valence-corrected chi connectivity index (χ3v) is 1.78. The van der Waals surface area contributed by atoms with Gasteiger partial charge in [-0.1, -0.05) is 0 Å². The molecule has 0 heterocycles. The zero-order chi connectivity index (χ0) is 2.99. The summed E-state index contributed by atoms with van der Waals surface area (Å²) >= 11 is 2.44. The van der Waals surface area contributed by atoms with Gasteiger partial charge in [0.15, 0.2) is 0 Å². The molecule has 1 saturated carbocycles. The molecule has 1 aliphatic rings. The van der Waals surface area contributed by atoms with Crippen LogP contribution in [0.15, 0.2) is 0 Å². The Kier molecular flexibility index (Phi) is 0.598. The van der Waals surface area contributed by atoms with E-state index in [1.807, 2.05) is 0 Å². The minimum absolute atomic E-state index is 1.06. The molecule has 0 nitrogen and oxygen atoms in total. The molecule has 4 heavy (non-hydrogen) atoms. The minimum atomic E-state index is 1.06. The van der Waals surface area contributed by atoms with Crippen molar-refractivity contribution in [1.29, 1.82) is 0 Å². The monoisotopic (exact) mass is 236 g/mol. The summed E-state index contributed by atoms with van der Waals surface area (Å²) in [6.45, 7) is 0. The fourth-order valence-electron chi connectivity index (χ4n) is 0.0527. The van der Waals surface area contributed by atoms with E-state index in [9.17, 15) is 0 Å². The van der Waals surface area contributed by atoms with E-state index in [0.29, 0.717) is 0 Å². The normalized spacial score (nSPS) is 26.5. The molecule has 1 heteroatoms. The first-order chi connectivity index (χ1) is 1.89. The van der Waals surface area contributed by atoms with Crippen molar-refractivity contribution in [3.05, 3.63) is 0 Å². The van der Waals surface area contributed by atoms with Gasteiger partial charge in [0.2, 0.25) is 0 Å². The SMILES string of the molecule is [Pt][CH]1CC1. The van der Waals surface area contributed by atoms with Gasteiger partial charge in [-0.15, -0.1) is 0 Å². The first-order valence-electron chi connectivity index (χ1n) is 1.50. The molecule has 0 saturated heterocycles. The van der Waals surface area contributed by atoms with Crippen molar-refractivity contribution >= 4 is 0 Å². The van der Waals surface area contributed by atoms with E-state index < -0.39 is 0 Å². The number of hydrogen-bond acceptors (Lipinski definition) is 0. The van der Waals surface area contributed by atoms with Gasteiger partial charge in [-0.2, -0.15) is 0 Å². The molecule has 0 radical (unpaired) electrons. The van der Waals surface area contributed by atoms with Crippen LogP contribution < -0.4 is 0 Å². The van der Waals surface area contributed by atoms with Crippen LogP contribution in [0.4, 0.5) is 0 Å². The van der Waals surface area contributed by atoms with Gasteiger partial charge in [0.25, 0.3) is 0 Å². The first kappa shape index (κ1) is 2.90. The predicted molar refractivity (Wildman–Crippen MR) is 13.0 cm³/mol. The van der Waals surface area contributed by atoms with Crippen molar-refractivity contribution in [3.63, 3.8) is 0 Å². The van der Waals surface area contributed by atoms with Gasteiger partial charge in [0.1, 0.15) is 0 Å². The molecule has 0 atom stereocenters. The molecule has 0 aromatic carbocycles. The van der Waals surface area contributed by atoms with Gasteiger partial charge in [-0.3, -0.25) is 0 Å². The zero-order valence-corrected chi connectivity index (χ0v) is 4.58. The predicted octanol–water partition coefficient (Wildman–Crippen LogP) is 1.12. The third kappa shape index (κ3) is 0.563. The molecular weight excluding hydrogens is 231 g/mol. The van der Waals surface area contributed by atoms with Crippen molar-refractivity contribution in [2.75, 3.05) is 0 Å². The van der Waals surface area contributed by atoms with E-state index in [2.05, 4.69) is 19.8 Å². The average Bonchev–Trinajstić information content (AvgIpc) is 1.75. The van der Waals surface area contributed by atoms with Gasteiger partial charge < -0.3 is 0 Å². The zero-order valence-electron chi connectivity index (χ0n) is 2.31. The summed E-state index contributed by atoms with van der Waals surface area (Å²) in [6.07, 6.45) is 2.95. The van der Waals surface area contributed by atoms with Crippen molar-refractivity contribution in [1.82, 2.24) is 0 Å². The molecule has 0 aromatic rings. The Morgan fingerprint density at radius 3 is 1.75 bits per heavy atom. The Hall–Kier alpha value is 0.688. The second-order valence-electron chi connectivity index (χ2n) is 1.12. The standard InChI is InChI=1S/C3H5.Pt/c1-2-3-1;/h1H,2-3H2;. The Labute approximate surface area is 37.5 Å².